The molecule has 11 heteroatoms. The molecule has 0 bridgehead atoms. The van der Waals surface area contributed by atoms with E-state index >= 15 is 0 Å². The molecular formula is C24H25F3N4O3S. The Kier molecular flexibility index (Phi) is 6.48. The van der Waals surface area contributed by atoms with Crippen molar-refractivity contribution in [2.45, 2.75) is 58.4 Å². The molecule has 7 nitrogen and oxygen atoms in total. The summed E-state index contributed by atoms with van der Waals surface area (Å²) in [6.45, 7) is 6.99. The second kappa shape index (κ2) is 9.10. The molecule has 1 amide bonds. The number of aromatic nitrogens is 2. The number of carbonyl (C=O) groups is 2. The van der Waals surface area contributed by atoms with Gasteiger partial charge in [-0.25, -0.2) is 14.8 Å². The van der Waals surface area contributed by atoms with Gasteiger partial charge >= 0.3 is 12.1 Å². The number of halogens is 3. The average Bonchev–Trinajstić information content (AvgIpc) is 3.08. The Balaban J connectivity index is 1.37. The molecule has 1 saturated carbocycles. The number of aryl methyl sites for hydroxylation is 1. The Morgan fingerprint density at radius 1 is 1.14 bits per heavy atom. The molecule has 1 fully saturated rings. The van der Waals surface area contributed by atoms with Gasteiger partial charge in [-0.1, -0.05) is 17.4 Å². The van der Waals surface area contributed by atoms with Crippen molar-refractivity contribution in [3.63, 3.8) is 0 Å². The van der Waals surface area contributed by atoms with Gasteiger partial charge in [0.05, 0.1) is 11.3 Å². The number of hydrogen-bond acceptors (Lipinski definition) is 7. The van der Waals surface area contributed by atoms with Crippen LogP contribution in [0.1, 0.15) is 54.5 Å². The topological polar surface area (TPSA) is 93.2 Å². The number of nitrogens with zero attached hydrogens (tertiary/aromatic N) is 2. The van der Waals surface area contributed by atoms with E-state index in [4.69, 9.17) is 4.74 Å². The van der Waals surface area contributed by atoms with Crippen molar-refractivity contribution in [1.82, 2.24) is 9.97 Å². The normalized spacial score (nSPS) is 18.1. The number of amides is 1. The number of fused-ring (bicyclic) bond motifs is 1. The highest BCUT2D eigenvalue weighted by Gasteiger charge is 2.36. The van der Waals surface area contributed by atoms with Crippen LogP contribution in [-0.2, 0) is 15.7 Å². The molecule has 1 aliphatic carbocycles. The van der Waals surface area contributed by atoms with Crippen LogP contribution in [0.2, 0.25) is 0 Å². The molecule has 1 aromatic carbocycles. The van der Waals surface area contributed by atoms with E-state index in [1.54, 1.807) is 33.8 Å². The van der Waals surface area contributed by atoms with E-state index in [1.165, 1.54) is 12.3 Å². The Hall–Kier alpha value is -3.21. The van der Waals surface area contributed by atoms with Crippen LogP contribution in [0.5, 0.6) is 0 Å². The van der Waals surface area contributed by atoms with Crippen LogP contribution in [0.3, 0.4) is 0 Å². The van der Waals surface area contributed by atoms with Gasteiger partial charge < -0.3 is 15.4 Å². The van der Waals surface area contributed by atoms with Gasteiger partial charge in [0.25, 0.3) is 0 Å². The molecule has 3 aromatic rings. The highest BCUT2D eigenvalue weighted by molar-refractivity contribution is 7.17. The van der Waals surface area contributed by atoms with E-state index in [0.29, 0.717) is 45.1 Å². The first kappa shape index (κ1) is 24.9. The molecule has 0 unspecified atom stereocenters. The molecule has 0 atom stereocenters. The largest absolute Gasteiger partial charge is 0.456 e. The fourth-order valence-electron chi connectivity index (χ4n) is 3.77. The van der Waals surface area contributed by atoms with Crippen LogP contribution in [0.4, 0.5) is 24.1 Å². The molecule has 0 spiro atoms. The highest BCUT2D eigenvalue weighted by atomic mass is 32.1. The summed E-state index contributed by atoms with van der Waals surface area (Å²) in [5.74, 6) is -0.646. The standard InChI is InChI=1S/C24H25F3N4O3S/c1-12-18(21(33)34-23(2,3)4)35-22(29-12)31-20(32)14-9-16(10-14)30-19-17-11-15(24(25,26)27)6-5-13(17)7-8-28-19/h5-8,11,14,16H,9-10H2,1-4H3,(H,28,30)(H,29,31,32). The lowest BCUT2D eigenvalue weighted by Crippen LogP contribution is -2.42. The first-order chi connectivity index (χ1) is 16.3. The number of esters is 1. The zero-order valence-electron chi connectivity index (χ0n) is 19.6. The van der Waals surface area contributed by atoms with E-state index in [-0.39, 0.29) is 17.9 Å². The van der Waals surface area contributed by atoms with Gasteiger partial charge in [-0.3, -0.25) is 4.79 Å². The minimum atomic E-state index is -4.45. The van der Waals surface area contributed by atoms with Gasteiger partial charge in [0.2, 0.25) is 5.91 Å². The van der Waals surface area contributed by atoms with Crippen molar-refractivity contribution >= 4 is 44.9 Å². The van der Waals surface area contributed by atoms with E-state index in [2.05, 4.69) is 20.6 Å². The fourth-order valence-corrected chi connectivity index (χ4v) is 4.62. The minimum absolute atomic E-state index is 0.103. The van der Waals surface area contributed by atoms with Crippen LogP contribution >= 0.6 is 11.3 Å². The van der Waals surface area contributed by atoms with Gasteiger partial charge in [0, 0.05) is 23.5 Å². The molecule has 35 heavy (non-hydrogen) atoms. The smallest absolute Gasteiger partial charge is 0.416 e. The number of alkyl halides is 3. The predicted molar refractivity (Wildman–Crippen MR) is 128 cm³/mol. The van der Waals surface area contributed by atoms with Crippen molar-refractivity contribution in [1.29, 1.82) is 0 Å². The number of ether oxygens (including phenoxy) is 1. The monoisotopic (exact) mass is 506 g/mol. The van der Waals surface area contributed by atoms with Crippen molar-refractivity contribution in [3.8, 4) is 0 Å². The lowest BCUT2D eigenvalue weighted by atomic mass is 9.79. The fraction of sp³-hybridized carbons (Fsp3) is 0.417. The van der Waals surface area contributed by atoms with Crippen molar-refractivity contribution in [2.75, 3.05) is 10.6 Å². The zero-order chi connectivity index (χ0) is 25.5. The molecule has 2 heterocycles. The second-order valence-corrected chi connectivity index (χ2v) is 10.5. The maximum atomic E-state index is 13.1. The van der Waals surface area contributed by atoms with Crippen LogP contribution < -0.4 is 10.6 Å². The van der Waals surface area contributed by atoms with E-state index < -0.39 is 23.3 Å². The molecule has 2 N–H and O–H groups in total. The van der Waals surface area contributed by atoms with Gasteiger partial charge in [0.1, 0.15) is 16.3 Å². The number of thiazole rings is 1. The van der Waals surface area contributed by atoms with Gasteiger partial charge in [-0.15, -0.1) is 0 Å². The summed E-state index contributed by atoms with van der Waals surface area (Å²) >= 11 is 1.06. The number of anilines is 2. The Morgan fingerprint density at radius 3 is 2.51 bits per heavy atom. The first-order valence-corrected chi connectivity index (χ1v) is 11.9. The average molecular weight is 507 g/mol. The number of pyridine rings is 1. The van der Waals surface area contributed by atoms with Gasteiger partial charge in [-0.2, -0.15) is 13.2 Å². The van der Waals surface area contributed by atoms with Crippen molar-refractivity contribution in [3.05, 3.63) is 46.6 Å². The third kappa shape index (κ3) is 5.72. The van der Waals surface area contributed by atoms with E-state index in [1.807, 2.05) is 0 Å². The third-order valence-electron chi connectivity index (χ3n) is 5.55. The SMILES string of the molecule is Cc1nc(NC(=O)C2CC(Nc3nccc4ccc(C(F)(F)F)cc34)C2)sc1C(=O)OC(C)(C)C. The van der Waals surface area contributed by atoms with E-state index in [0.717, 1.165) is 23.5 Å². The highest BCUT2D eigenvalue weighted by Crippen LogP contribution is 2.36. The number of nitrogens with one attached hydrogen (secondary N) is 2. The summed E-state index contributed by atoms with van der Waals surface area (Å²) in [6.07, 6.45) is -1.93. The molecule has 186 valence electrons. The summed E-state index contributed by atoms with van der Waals surface area (Å²) < 4.78 is 44.8. The summed E-state index contributed by atoms with van der Waals surface area (Å²) in [6, 6.07) is 5.10. The first-order valence-electron chi connectivity index (χ1n) is 11.0. The number of hydrogen-bond donors (Lipinski definition) is 2. The van der Waals surface area contributed by atoms with Crippen LogP contribution in [0.25, 0.3) is 10.8 Å². The number of carbonyl (C=O) groups excluding carboxylic acids is 2. The third-order valence-corrected chi connectivity index (χ3v) is 6.61. The van der Waals surface area contributed by atoms with Crippen LogP contribution in [0.15, 0.2) is 30.5 Å². The summed E-state index contributed by atoms with van der Waals surface area (Å²) in [5, 5.41) is 7.26. The molecule has 4 rings (SSSR count). The molecule has 0 saturated heterocycles. The molecule has 0 aliphatic heterocycles. The molecule has 2 aromatic heterocycles. The maximum absolute atomic E-state index is 13.1. The lowest BCUT2D eigenvalue weighted by Gasteiger charge is -2.35. The summed E-state index contributed by atoms with van der Waals surface area (Å²) in [4.78, 5) is 33.8. The quantitative estimate of drug-likeness (QED) is 0.425. The Morgan fingerprint density at radius 2 is 1.86 bits per heavy atom. The molecule has 0 radical (unpaired) electrons. The molecular weight excluding hydrogens is 481 g/mol. The van der Waals surface area contributed by atoms with Crippen molar-refractivity contribution < 1.29 is 27.5 Å². The second-order valence-electron chi connectivity index (χ2n) is 9.53. The lowest BCUT2D eigenvalue weighted by molar-refractivity contribution is -0.137. The maximum Gasteiger partial charge on any atom is 0.416 e. The van der Waals surface area contributed by atoms with Crippen LogP contribution in [-0.4, -0.2) is 33.5 Å². The Bertz CT molecular complexity index is 1280. The Labute approximate surface area is 204 Å². The molecule has 1 aliphatic rings. The van der Waals surface area contributed by atoms with Crippen molar-refractivity contribution in [2.24, 2.45) is 5.92 Å². The van der Waals surface area contributed by atoms with Gasteiger partial charge in [0.15, 0.2) is 5.13 Å². The summed E-state index contributed by atoms with van der Waals surface area (Å²) in [5.41, 5.74) is -0.901. The number of benzene rings is 1. The summed E-state index contributed by atoms with van der Waals surface area (Å²) in [7, 11) is 0. The zero-order valence-corrected chi connectivity index (χ0v) is 20.4. The minimum Gasteiger partial charge on any atom is -0.456 e. The number of rotatable bonds is 5. The predicted octanol–water partition coefficient (Wildman–Crippen LogP) is 5.80. The van der Waals surface area contributed by atoms with Crippen LogP contribution in [0, 0.1) is 12.8 Å². The van der Waals surface area contributed by atoms with Gasteiger partial charge in [-0.05, 0) is 64.1 Å². The van der Waals surface area contributed by atoms with E-state index in [9.17, 15) is 22.8 Å².